The topological polar surface area (TPSA) is 55.1 Å². The molecule has 1 aromatic rings. The fourth-order valence-electron chi connectivity index (χ4n) is 0.857. The average Bonchev–Trinajstić information content (AvgIpc) is 2.09. The van der Waals surface area contributed by atoms with E-state index in [1.54, 1.807) is 6.07 Å². The highest BCUT2D eigenvalue weighted by molar-refractivity contribution is 5.92. The number of hydrogen-bond donors (Lipinski definition) is 2. The SMILES string of the molecule is Cc1[c]cccc1NC(=O)CN. The molecule has 0 fully saturated rings. The van der Waals surface area contributed by atoms with Crippen LogP contribution in [-0.2, 0) is 4.79 Å². The van der Waals surface area contributed by atoms with E-state index >= 15 is 0 Å². The zero-order valence-corrected chi connectivity index (χ0v) is 6.92. The quantitative estimate of drug-likeness (QED) is 0.674. The van der Waals surface area contributed by atoms with E-state index < -0.39 is 0 Å². The van der Waals surface area contributed by atoms with E-state index in [1.165, 1.54) is 0 Å². The Balaban J connectivity index is 2.75. The maximum atomic E-state index is 10.9. The lowest BCUT2D eigenvalue weighted by molar-refractivity contribution is -0.114. The van der Waals surface area contributed by atoms with E-state index in [4.69, 9.17) is 5.73 Å². The van der Waals surface area contributed by atoms with Crippen molar-refractivity contribution >= 4 is 11.6 Å². The second kappa shape index (κ2) is 3.88. The first-order chi connectivity index (χ1) is 5.74. The third-order valence-corrected chi connectivity index (χ3v) is 1.52. The number of carbonyl (C=O) groups is 1. The van der Waals surface area contributed by atoms with E-state index in [1.807, 2.05) is 19.1 Å². The van der Waals surface area contributed by atoms with Crippen LogP contribution in [0.15, 0.2) is 18.2 Å². The monoisotopic (exact) mass is 163 g/mol. The number of hydrogen-bond acceptors (Lipinski definition) is 2. The molecule has 0 bridgehead atoms. The number of nitrogens with one attached hydrogen (secondary N) is 1. The van der Waals surface area contributed by atoms with Crippen LogP contribution in [0.1, 0.15) is 5.56 Å². The minimum absolute atomic E-state index is 0.00827. The van der Waals surface area contributed by atoms with E-state index in [2.05, 4.69) is 11.4 Å². The molecule has 0 saturated carbocycles. The van der Waals surface area contributed by atoms with Crippen LogP contribution in [0.4, 0.5) is 5.69 Å². The van der Waals surface area contributed by atoms with Gasteiger partial charge in [0.15, 0.2) is 0 Å². The van der Waals surface area contributed by atoms with Gasteiger partial charge in [-0.25, -0.2) is 0 Å². The van der Waals surface area contributed by atoms with Gasteiger partial charge in [0.2, 0.25) is 5.91 Å². The minimum atomic E-state index is -0.183. The molecule has 0 saturated heterocycles. The van der Waals surface area contributed by atoms with Crippen molar-refractivity contribution in [2.24, 2.45) is 5.73 Å². The Morgan fingerprint density at radius 1 is 1.75 bits per heavy atom. The molecule has 1 radical (unpaired) electrons. The van der Waals surface area contributed by atoms with Crippen LogP contribution in [0.25, 0.3) is 0 Å². The summed E-state index contributed by atoms with van der Waals surface area (Å²) in [4.78, 5) is 10.9. The van der Waals surface area contributed by atoms with Crippen molar-refractivity contribution in [2.75, 3.05) is 11.9 Å². The van der Waals surface area contributed by atoms with Gasteiger partial charge in [0.1, 0.15) is 0 Å². The third kappa shape index (κ3) is 2.07. The molecule has 0 aliphatic carbocycles. The smallest absolute Gasteiger partial charge is 0.238 e. The Labute approximate surface area is 71.6 Å². The Bertz CT molecular complexity index is 284. The first kappa shape index (κ1) is 8.74. The van der Waals surface area contributed by atoms with Gasteiger partial charge in [-0.2, -0.15) is 0 Å². The van der Waals surface area contributed by atoms with Crippen LogP contribution in [0.5, 0.6) is 0 Å². The predicted octanol–water partition coefficient (Wildman–Crippen LogP) is 0.692. The van der Waals surface area contributed by atoms with Crippen LogP contribution in [0.3, 0.4) is 0 Å². The fraction of sp³-hybridized carbons (Fsp3) is 0.222. The molecule has 1 rings (SSSR count). The molecule has 0 aliphatic rings. The summed E-state index contributed by atoms with van der Waals surface area (Å²) in [6, 6.07) is 8.41. The highest BCUT2D eigenvalue weighted by Gasteiger charge is 2.00. The van der Waals surface area contributed by atoms with Crippen LogP contribution < -0.4 is 11.1 Å². The largest absolute Gasteiger partial charge is 0.325 e. The molecule has 0 heterocycles. The van der Waals surface area contributed by atoms with Gasteiger partial charge in [-0.15, -0.1) is 0 Å². The number of benzene rings is 1. The summed E-state index contributed by atoms with van der Waals surface area (Å²) in [5.74, 6) is -0.183. The van der Waals surface area contributed by atoms with Crippen molar-refractivity contribution in [2.45, 2.75) is 6.92 Å². The van der Waals surface area contributed by atoms with Gasteiger partial charge >= 0.3 is 0 Å². The molecule has 1 amide bonds. The van der Waals surface area contributed by atoms with Crippen molar-refractivity contribution in [3.8, 4) is 0 Å². The summed E-state index contributed by atoms with van der Waals surface area (Å²) >= 11 is 0. The van der Waals surface area contributed by atoms with Crippen LogP contribution in [0, 0.1) is 13.0 Å². The molecular weight excluding hydrogens is 152 g/mol. The summed E-state index contributed by atoms with van der Waals surface area (Å²) < 4.78 is 0. The number of carbonyl (C=O) groups excluding carboxylic acids is 1. The van der Waals surface area contributed by atoms with Gasteiger partial charge in [-0.3, -0.25) is 4.79 Å². The minimum Gasteiger partial charge on any atom is -0.325 e. The Morgan fingerprint density at radius 2 is 2.50 bits per heavy atom. The van der Waals surface area contributed by atoms with Gasteiger partial charge in [0.05, 0.1) is 6.54 Å². The van der Waals surface area contributed by atoms with E-state index in [0.29, 0.717) is 0 Å². The van der Waals surface area contributed by atoms with E-state index in [-0.39, 0.29) is 12.5 Å². The van der Waals surface area contributed by atoms with Crippen LogP contribution in [-0.4, -0.2) is 12.5 Å². The molecule has 0 aliphatic heterocycles. The summed E-state index contributed by atoms with van der Waals surface area (Å²) in [5, 5.41) is 2.66. The zero-order chi connectivity index (χ0) is 8.97. The Hall–Kier alpha value is -1.35. The normalized spacial score (nSPS) is 9.50. The standard InChI is InChI=1S/C9H11N2O/c1-7-4-2-3-5-8(7)11-9(12)6-10/h2-3,5H,6,10H2,1H3,(H,11,12). The molecule has 0 spiro atoms. The molecule has 1 aromatic carbocycles. The first-order valence-electron chi connectivity index (χ1n) is 3.71. The maximum Gasteiger partial charge on any atom is 0.238 e. The van der Waals surface area contributed by atoms with Crippen molar-refractivity contribution in [1.29, 1.82) is 0 Å². The number of amides is 1. The van der Waals surface area contributed by atoms with Crippen LogP contribution >= 0.6 is 0 Å². The van der Waals surface area contributed by atoms with Crippen molar-refractivity contribution < 1.29 is 4.79 Å². The Kier molecular flexibility index (Phi) is 2.82. The third-order valence-electron chi connectivity index (χ3n) is 1.52. The average molecular weight is 163 g/mol. The van der Waals surface area contributed by atoms with Gasteiger partial charge in [0, 0.05) is 5.69 Å². The van der Waals surface area contributed by atoms with Gasteiger partial charge in [0.25, 0.3) is 0 Å². The molecule has 3 heteroatoms. The maximum absolute atomic E-state index is 10.9. The number of nitrogens with two attached hydrogens (primary N) is 1. The van der Waals surface area contributed by atoms with Gasteiger partial charge in [-0.05, 0) is 24.6 Å². The highest BCUT2D eigenvalue weighted by Crippen LogP contribution is 2.11. The fourth-order valence-corrected chi connectivity index (χ4v) is 0.857. The van der Waals surface area contributed by atoms with Gasteiger partial charge < -0.3 is 11.1 Å². The van der Waals surface area contributed by atoms with E-state index in [0.717, 1.165) is 11.3 Å². The first-order valence-corrected chi connectivity index (χ1v) is 3.71. The molecule has 3 nitrogen and oxygen atoms in total. The molecule has 0 unspecified atom stereocenters. The molecule has 3 N–H and O–H groups in total. The van der Waals surface area contributed by atoms with Crippen molar-refractivity contribution in [1.82, 2.24) is 0 Å². The number of anilines is 1. The zero-order valence-electron chi connectivity index (χ0n) is 6.92. The molecule has 63 valence electrons. The van der Waals surface area contributed by atoms with E-state index in [9.17, 15) is 4.79 Å². The molecule has 12 heavy (non-hydrogen) atoms. The summed E-state index contributed by atoms with van der Waals surface area (Å²) in [6.45, 7) is 1.89. The lowest BCUT2D eigenvalue weighted by Crippen LogP contribution is -2.22. The van der Waals surface area contributed by atoms with Crippen molar-refractivity contribution in [3.05, 3.63) is 29.8 Å². The number of rotatable bonds is 2. The Morgan fingerprint density at radius 3 is 3.08 bits per heavy atom. The lowest BCUT2D eigenvalue weighted by atomic mass is 10.2. The number of aryl methyl sites for hydroxylation is 1. The molecule has 0 atom stereocenters. The second-order valence-corrected chi connectivity index (χ2v) is 2.46. The molecule has 0 aromatic heterocycles. The second-order valence-electron chi connectivity index (χ2n) is 2.46. The summed E-state index contributed by atoms with van der Waals surface area (Å²) in [6.07, 6.45) is 0. The highest BCUT2D eigenvalue weighted by atomic mass is 16.1. The molecular formula is C9H11N2O. The van der Waals surface area contributed by atoms with Gasteiger partial charge in [-0.1, -0.05) is 12.1 Å². The van der Waals surface area contributed by atoms with Crippen LogP contribution in [0.2, 0.25) is 0 Å². The lowest BCUT2D eigenvalue weighted by Gasteiger charge is -2.05. The summed E-state index contributed by atoms with van der Waals surface area (Å²) in [7, 11) is 0. The summed E-state index contributed by atoms with van der Waals surface area (Å²) in [5.41, 5.74) is 6.83. The predicted molar refractivity (Wildman–Crippen MR) is 47.7 cm³/mol. The van der Waals surface area contributed by atoms with Crippen molar-refractivity contribution in [3.63, 3.8) is 0 Å².